The summed E-state index contributed by atoms with van der Waals surface area (Å²) in [7, 11) is 0. The van der Waals surface area contributed by atoms with Gasteiger partial charge in [0.1, 0.15) is 0 Å². The van der Waals surface area contributed by atoms with Gasteiger partial charge in [-0.25, -0.2) is 0 Å². The van der Waals surface area contributed by atoms with Gasteiger partial charge in [0, 0.05) is 6.08 Å². The van der Waals surface area contributed by atoms with Crippen molar-refractivity contribution in [3.63, 3.8) is 0 Å². The summed E-state index contributed by atoms with van der Waals surface area (Å²) < 4.78 is 0. The van der Waals surface area contributed by atoms with Crippen LogP contribution < -0.4 is 5.73 Å². The maximum atomic E-state index is 10.3. The first-order chi connectivity index (χ1) is 11.8. The fourth-order valence-electron chi connectivity index (χ4n) is 2.05. The van der Waals surface area contributed by atoms with Crippen molar-refractivity contribution in [1.82, 2.24) is 5.73 Å². The normalized spacial score (nSPS) is 13.0. The maximum Gasteiger partial charge on any atom is 0.262 e. The van der Waals surface area contributed by atoms with Crippen LogP contribution >= 0.6 is 0 Å². The Bertz CT molecular complexity index is 464. The molecule has 0 aliphatic rings. The number of allylic oxidation sites excluding steroid dienone is 11. The van der Waals surface area contributed by atoms with Crippen molar-refractivity contribution in [2.75, 3.05) is 0 Å². The molecular weight excluding hydrogens is 294 g/mol. The van der Waals surface area contributed by atoms with Gasteiger partial charge in [0.15, 0.2) is 0 Å². The van der Waals surface area contributed by atoms with E-state index in [-0.39, 0.29) is 0 Å². The number of unbranched alkanes of at least 4 members (excludes halogenated alkanes) is 7. The Balaban J connectivity index is 3.57. The van der Waals surface area contributed by atoms with Crippen molar-refractivity contribution >= 4 is 5.91 Å². The van der Waals surface area contributed by atoms with Gasteiger partial charge < -0.3 is 0 Å². The average molecular weight is 327 g/mol. The number of hydrogen-bond donors (Lipinski definition) is 0. The van der Waals surface area contributed by atoms with Crippen LogP contribution in [0.2, 0.25) is 0 Å². The number of hydrogen-bond acceptors (Lipinski definition) is 1. The molecule has 0 aliphatic heterocycles. The van der Waals surface area contributed by atoms with Crippen LogP contribution in [0.15, 0.2) is 72.9 Å². The van der Waals surface area contributed by atoms with E-state index in [0.29, 0.717) is 0 Å². The van der Waals surface area contributed by atoms with Crippen molar-refractivity contribution in [2.24, 2.45) is 0 Å². The van der Waals surface area contributed by atoms with Gasteiger partial charge in [0.05, 0.1) is 0 Å². The van der Waals surface area contributed by atoms with Crippen molar-refractivity contribution in [3.05, 3.63) is 72.9 Å². The minimum absolute atomic E-state index is 0.686. The van der Waals surface area contributed by atoms with E-state index >= 15 is 0 Å². The molecule has 0 aromatic heterocycles. The minimum atomic E-state index is -0.686. The Morgan fingerprint density at radius 3 is 1.67 bits per heavy atom. The van der Waals surface area contributed by atoms with Crippen LogP contribution in [0.25, 0.3) is 0 Å². The maximum absolute atomic E-state index is 10.3. The zero-order valence-corrected chi connectivity index (χ0v) is 15.0. The molecule has 2 heteroatoms. The Hall–Kier alpha value is -2.09. The fourth-order valence-corrected chi connectivity index (χ4v) is 2.05. The molecule has 1 N–H and O–H groups in total. The van der Waals surface area contributed by atoms with Gasteiger partial charge in [0.25, 0.3) is 5.91 Å². The molecule has 24 heavy (non-hydrogen) atoms. The SMILES string of the molecule is CCCCCCCCC/C=C/C=C/C=C/C=C/C=C/C=C/C([NH])=O. The molecule has 0 heterocycles. The van der Waals surface area contributed by atoms with Crippen molar-refractivity contribution in [1.29, 1.82) is 0 Å². The zero-order chi connectivity index (χ0) is 17.7. The molecule has 0 aliphatic carbocycles. The lowest BCUT2D eigenvalue weighted by Crippen LogP contribution is -1.88. The van der Waals surface area contributed by atoms with Crippen LogP contribution in [0.5, 0.6) is 0 Å². The molecule has 0 rings (SSSR count). The van der Waals surface area contributed by atoms with Gasteiger partial charge in [-0.3, -0.25) is 10.5 Å². The molecule has 0 unspecified atom stereocenters. The van der Waals surface area contributed by atoms with Gasteiger partial charge in [0.2, 0.25) is 0 Å². The quantitative estimate of drug-likeness (QED) is 0.210. The monoisotopic (exact) mass is 326 g/mol. The van der Waals surface area contributed by atoms with Crippen LogP contribution in [-0.2, 0) is 4.79 Å². The summed E-state index contributed by atoms with van der Waals surface area (Å²) >= 11 is 0. The Morgan fingerprint density at radius 2 is 1.12 bits per heavy atom. The number of carbonyl (C=O) groups excluding carboxylic acids is 1. The van der Waals surface area contributed by atoms with E-state index in [1.54, 1.807) is 12.2 Å². The van der Waals surface area contributed by atoms with E-state index in [9.17, 15) is 4.79 Å². The third-order valence-electron chi connectivity index (χ3n) is 3.36. The first kappa shape index (κ1) is 21.9. The minimum Gasteiger partial charge on any atom is -0.268 e. The summed E-state index contributed by atoms with van der Waals surface area (Å²) in [5, 5.41) is 0. The van der Waals surface area contributed by atoms with Crippen LogP contribution in [0.1, 0.15) is 58.3 Å². The fraction of sp³-hybridized carbons (Fsp3) is 0.409. The van der Waals surface area contributed by atoms with E-state index in [2.05, 4.69) is 19.1 Å². The molecule has 0 spiro atoms. The second kappa shape index (κ2) is 19.0. The molecule has 131 valence electrons. The molecule has 0 saturated carbocycles. The van der Waals surface area contributed by atoms with E-state index in [4.69, 9.17) is 5.73 Å². The number of rotatable bonds is 14. The lowest BCUT2D eigenvalue weighted by atomic mass is 10.1. The second-order valence-electron chi connectivity index (χ2n) is 5.60. The first-order valence-corrected chi connectivity index (χ1v) is 9.02. The van der Waals surface area contributed by atoms with Crippen LogP contribution in [-0.4, -0.2) is 5.91 Å². The Morgan fingerprint density at radius 1 is 0.667 bits per heavy atom. The summed E-state index contributed by atoms with van der Waals surface area (Å²) in [6.45, 7) is 2.26. The van der Waals surface area contributed by atoms with Crippen molar-refractivity contribution < 1.29 is 4.79 Å². The highest BCUT2D eigenvalue weighted by Gasteiger charge is 1.88. The highest BCUT2D eigenvalue weighted by Crippen LogP contribution is 2.08. The number of amides is 1. The van der Waals surface area contributed by atoms with E-state index < -0.39 is 5.91 Å². The van der Waals surface area contributed by atoms with E-state index in [1.165, 1.54) is 57.4 Å². The van der Waals surface area contributed by atoms with Gasteiger partial charge in [-0.15, -0.1) is 0 Å². The highest BCUT2D eigenvalue weighted by molar-refractivity contribution is 5.85. The number of nitrogens with one attached hydrogen (secondary N) is 1. The van der Waals surface area contributed by atoms with Gasteiger partial charge in [-0.1, -0.05) is 112 Å². The molecule has 0 fully saturated rings. The predicted octanol–water partition coefficient (Wildman–Crippen LogP) is 6.27. The summed E-state index contributed by atoms with van der Waals surface area (Å²) in [5.41, 5.74) is 6.68. The number of carbonyl (C=O) groups is 1. The Labute approximate surface area is 148 Å². The largest absolute Gasteiger partial charge is 0.268 e. The zero-order valence-electron chi connectivity index (χ0n) is 15.0. The average Bonchev–Trinajstić information content (AvgIpc) is 2.56. The van der Waals surface area contributed by atoms with Crippen LogP contribution in [0, 0.1) is 0 Å². The second-order valence-corrected chi connectivity index (χ2v) is 5.60. The topological polar surface area (TPSA) is 40.9 Å². The molecule has 2 nitrogen and oxygen atoms in total. The highest BCUT2D eigenvalue weighted by atomic mass is 16.1. The lowest BCUT2D eigenvalue weighted by molar-refractivity contribution is -0.114. The molecule has 0 atom stereocenters. The first-order valence-electron chi connectivity index (χ1n) is 9.02. The third-order valence-corrected chi connectivity index (χ3v) is 3.36. The van der Waals surface area contributed by atoms with Gasteiger partial charge >= 0.3 is 0 Å². The third kappa shape index (κ3) is 19.9. The standard InChI is InChI=1S/C22H32NO/c1-2-3-4-5-6-7-8-9-10-11-12-13-14-15-16-17-18-19-20-21-22(23)24/h10-21,23H,2-9H2,1H3/b11-10+,13-12+,15-14+,17-16+,19-18+,21-20+. The molecule has 1 radical (unpaired) electrons. The summed E-state index contributed by atoms with van der Waals surface area (Å²) in [6, 6.07) is 0. The molecule has 0 aromatic rings. The van der Waals surface area contributed by atoms with Crippen molar-refractivity contribution in [2.45, 2.75) is 58.3 Å². The smallest absolute Gasteiger partial charge is 0.262 e. The predicted molar refractivity (Wildman–Crippen MR) is 106 cm³/mol. The molecule has 0 bridgehead atoms. The van der Waals surface area contributed by atoms with E-state index in [0.717, 1.165) is 0 Å². The summed E-state index contributed by atoms with van der Waals surface area (Å²) in [5.74, 6) is -0.686. The van der Waals surface area contributed by atoms with Crippen molar-refractivity contribution in [3.8, 4) is 0 Å². The summed E-state index contributed by atoms with van der Waals surface area (Å²) in [4.78, 5) is 10.3. The molecule has 0 saturated heterocycles. The Kier molecular flexibility index (Phi) is 17.3. The molecule has 0 aromatic carbocycles. The van der Waals surface area contributed by atoms with Crippen LogP contribution in [0.3, 0.4) is 0 Å². The lowest BCUT2D eigenvalue weighted by Gasteiger charge is -1.98. The molecule has 1 amide bonds. The van der Waals surface area contributed by atoms with Crippen LogP contribution in [0.4, 0.5) is 0 Å². The van der Waals surface area contributed by atoms with E-state index in [1.807, 2.05) is 42.5 Å². The van der Waals surface area contributed by atoms with Gasteiger partial charge in [-0.2, -0.15) is 0 Å². The van der Waals surface area contributed by atoms with Gasteiger partial charge in [-0.05, 0) is 12.8 Å². The summed E-state index contributed by atoms with van der Waals surface area (Å²) in [6.07, 6.45) is 33.1. The molecular formula is C22H32NO.